The third-order valence-electron chi connectivity index (χ3n) is 4.67. The Morgan fingerprint density at radius 3 is 2.46 bits per heavy atom. The number of halogens is 1. The Morgan fingerprint density at radius 2 is 1.85 bits per heavy atom. The highest BCUT2D eigenvalue weighted by atomic mass is 35.5. The summed E-state index contributed by atoms with van der Waals surface area (Å²) in [6, 6.07) is 5.59. The fourth-order valence-corrected chi connectivity index (χ4v) is 3.50. The molecule has 0 saturated carbocycles. The highest BCUT2D eigenvalue weighted by Gasteiger charge is 2.25. The molecule has 1 fully saturated rings. The third-order valence-corrected chi connectivity index (χ3v) is 4.97. The van der Waals surface area contributed by atoms with Gasteiger partial charge in [0, 0.05) is 38.5 Å². The van der Waals surface area contributed by atoms with Crippen molar-refractivity contribution in [2.45, 2.75) is 46.5 Å². The number of hydrogen-bond acceptors (Lipinski definition) is 3. The van der Waals surface area contributed by atoms with Crippen molar-refractivity contribution >= 4 is 34.8 Å². The molecule has 1 aliphatic rings. The lowest BCUT2D eigenvalue weighted by atomic mass is 10.1. The molecule has 0 bridgehead atoms. The summed E-state index contributed by atoms with van der Waals surface area (Å²) in [4.78, 5) is 28.5. The van der Waals surface area contributed by atoms with Gasteiger partial charge in [-0.05, 0) is 18.6 Å². The molecule has 0 unspecified atom stereocenters. The summed E-state index contributed by atoms with van der Waals surface area (Å²) in [5.74, 6) is 0.226. The number of unbranched alkanes of at least 4 members (excludes halogenated alkanes) is 2. The number of rotatable bonds is 7. The topological polar surface area (TPSA) is 52.7 Å². The number of amides is 2. The van der Waals surface area contributed by atoms with Crippen LogP contribution in [0, 0.1) is 5.92 Å². The Bertz CT molecular complexity index is 625. The second-order valence-corrected chi connectivity index (χ2v) is 7.52. The average Bonchev–Trinajstić information content (AvgIpc) is 2.61. The molecule has 5 nitrogen and oxygen atoms in total. The van der Waals surface area contributed by atoms with Crippen LogP contribution in [0.1, 0.15) is 46.5 Å². The zero-order chi connectivity index (χ0) is 19.1. The molecule has 0 atom stereocenters. The number of piperazine rings is 1. The van der Waals surface area contributed by atoms with Crippen molar-refractivity contribution in [3.63, 3.8) is 0 Å². The number of anilines is 2. The highest BCUT2D eigenvalue weighted by molar-refractivity contribution is 6.34. The maximum Gasteiger partial charge on any atom is 0.225 e. The van der Waals surface area contributed by atoms with Gasteiger partial charge in [-0.1, -0.05) is 51.3 Å². The monoisotopic (exact) mass is 379 g/mol. The molecular formula is C20H30ClN3O2. The third kappa shape index (κ3) is 5.37. The first-order valence-corrected chi connectivity index (χ1v) is 9.94. The molecule has 1 saturated heterocycles. The van der Waals surface area contributed by atoms with Gasteiger partial charge in [0.1, 0.15) is 0 Å². The van der Waals surface area contributed by atoms with Gasteiger partial charge in [0.25, 0.3) is 0 Å². The second-order valence-electron chi connectivity index (χ2n) is 7.11. The quantitative estimate of drug-likeness (QED) is 0.723. The van der Waals surface area contributed by atoms with Crippen LogP contribution in [0.2, 0.25) is 5.02 Å². The van der Waals surface area contributed by atoms with Crippen LogP contribution in [0.5, 0.6) is 0 Å². The predicted molar refractivity (Wildman–Crippen MR) is 108 cm³/mol. The van der Waals surface area contributed by atoms with Crippen molar-refractivity contribution in [2.24, 2.45) is 5.92 Å². The Hall–Kier alpha value is -1.75. The van der Waals surface area contributed by atoms with E-state index < -0.39 is 0 Å². The van der Waals surface area contributed by atoms with Crippen molar-refractivity contribution in [3.05, 3.63) is 23.2 Å². The van der Waals surface area contributed by atoms with Gasteiger partial charge in [0.05, 0.1) is 16.4 Å². The van der Waals surface area contributed by atoms with Gasteiger partial charge in [-0.15, -0.1) is 0 Å². The minimum absolute atomic E-state index is 0.0137. The van der Waals surface area contributed by atoms with E-state index in [0.717, 1.165) is 30.6 Å². The highest BCUT2D eigenvalue weighted by Crippen LogP contribution is 2.34. The van der Waals surface area contributed by atoms with Crippen LogP contribution in [0.15, 0.2) is 18.2 Å². The molecule has 6 heteroatoms. The number of carbonyl (C=O) groups excluding carboxylic acids is 2. The first kappa shape index (κ1) is 20.6. The minimum Gasteiger partial charge on any atom is -0.365 e. The van der Waals surface area contributed by atoms with Crippen LogP contribution < -0.4 is 10.2 Å². The van der Waals surface area contributed by atoms with E-state index in [1.54, 1.807) is 0 Å². The van der Waals surface area contributed by atoms with Gasteiger partial charge in [0.2, 0.25) is 11.8 Å². The maximum absolute atomic E-state index is 12.2. The molecule has 1 N–H and O–H groups in total. The lowest BCUT2D eigenvalue weighted by Gasteiger charge is -2.38. The number of hydrogen-bond donors (Lipinski definition) is 1. The first-order chi connectivity index (χ1) is 12.4. The van der Waals surface area contributed by atoms with Crippen LogP contribution in [-0.4, -0.2) is 42.9 Å². The fraction of sp³-hybridized carbons (Fsp3) is 0.600. The van der Waals surface area contributed by atoms with Gasteiger partial charge in [0.15, 0.2) is 0 Å². The average molecular weight is 380 g/mol. The van der Waals surface area contributed by atoms with Crippen LogP contribution in [0.3, 0.4) is 0 Å². The Labute approximate surface area is 161 Å². The molecule has 1 aromatic rings. The summed E-state index contributed by atoms with van der Waals surface area (Å²) in [6.07, 6.45) is 3.57. The number of carbonyl (C=O) groups is 2. The minimum atomic E-state index is 0.0137. The first-order valence-electron chi connectivity index (χ1n) is 9.56. The van der Waals surface area contributed by atoms with E-state index >= 15 is 0 Å². The van der Waals surface area contributed by atoms with Crippen molar-refractivity contribution in [2.75, 3.05) is 36.4 Å². The molecule has 2 amide bonds. The van der Waals surface area contributed by atoms with E-state index in [4.69, 9.17) is 11.6 Å². The van der Waals surface area contributed by atoms with E-state index in [1.165, 1.54) is 0 Å². The zero-order valence-electron chi connectivity index (χ0n) is 16.1. The van der Waals surface area contributed by atoms with E-state index in [9.17, 15) is 9.59 Å². The van der Waals surface area contributed by atoms with Crippen LogP contribution in [0.25, 0.3) is 0 Å². The number of benzene rings is 1. The summed E-state index contributed by atoms with van der Waals surface area (Å²) >= 11 is 6.45. The molecule has 0 aromatic heterocycles. The predicted octanol–water partition coefficient (Wildman–Crippen LogP) is 4.16. The summed E-state index contributed by atoms with van der Waals surface area (Å²) in [5, 5.41) is 3.64. The van der Waals surface area contributed by atoms with Crippen LogP contribution >= 0.6 is 11.6 Å². The van der Waals surface area contributed by atoms with E-state index in [1.807, 2.05) is 36.9 Å². The standard InChI is InChI=1S/C20H30ClN3O2/c1-4-5-6-10-18(25)22-17-9-7-8-16(21)19(17)23-11-13-24(14-12-23)20(26)15(2)3/h7-9,15H,4-6,10-14H2,1-3H3,(H,22,25). The second kappa shape index (κ2) is 9.81. The van der Waals surface area contributed by atoms with E-state index in [-0.39, 0.29) is 17.7 Å². The summed E-state index contributed by atoms with van der Waals surface area (Å²) in [6.45, 7) is 8.74. The number of nitrogens with zero attached hydrogens (tertiary/aromatic N) is 2. The molecule has 0 radical (unpaired) electrons. The molecule has 0 spiro atoms. The fourth-order valence-electron chi connectivity index (χ4n) is 3.20. The molecule has 1 heterocycles. The largest absolute Gasteiger partial charge is 0.365 e. The zero-order valence-corrected chi connectivity index (χ0v) is 16.8. The normalized spacial score (nSPS) is 14.7. The van der Waals surface area contributed by atoms with Gasteiger partial charge < -0.3 is 15.1 Å². The van der Waals surface area contributed by atoms with E-state index in [0.29, 0.717) is 37.6 Å². The smallest absolute Gasteiger partial charge is 0.225 e. The molecular weight excluding hydrogens is 350 g/mol. The molecule has 2 rings (SSSR count). The summed E-state index contributed by atoms with van der Waals surface area (Å²) < 4.78 is 0. The van der Waals surface area contributed by atoms with E-state index in [2.05, 4.69) is 17.1 Å². The van der Waals surface area contributed by atoms with Gasteiger partial charge in [-0.2, -0.15) is 0 Å². The summed E-state index contributed by atoms with van der Waals surface area (Å²) in [5.41, 5.74) is 1.61. The van der Waals surface area contributed by atoms with Gasteiger partial charge >= 0.3 is 0 Å². The van der Waals surface area contributed by atoms with Crippen molar-refractivity contribution in [1.29, 1.82) is 0 Å². The number of para-hydroxylation sites is 1. The number of nitrogens with one attached hydrogen (secondary N) is 1. The van der Waals surface area contributed by atoms with Gasteiger partial charge in [-0.3, -0.25) is 9.59 Å². The SMILES string of the molecule is CCCCCC(=O)Nc1cccc(Cl)c1N1CCN(C(=O)C(C)C)CC1. The Balaban J connectivity index is 2.05. The molecule has 1 aliphatic heterocycles. The molecule has 0 aliphatic carbocycles. The van der Waals surface area contributed by atoms with Crippen LogP contribution in [-0.2, 0) is 9.59 Å². The molecule has 26 heavy (non-hydrogen) atoms. The lowest BCUT2D eigenvalue weighted by molar-refractivity contribution is -0.134. The summed E-state index contributed by atoms with van der Waals surface area (Å²) in [7, 11) is 0. The van der Waals surface area contributed by atoms with Crippen molar-refractivity contribution in [1.82, 2.24) is 4.90 Å². The van der Waals surface area contributed by atoms with Crippen LogP contribution in [0.4, 0.5) is 11.4 Å². The van der Waals surface area contributed by atoms with Gasteiger partial charge in [-0.25, -0.2) is 0 Å². The van der Waals surface area contributed by atoms with Crippen molar-refractivity contribution in [3.8, 4) is 0 Å². The maximum atomic E-state index is 12.2. The Kier molecular flexibility index (Phi) is 7.76. The molecule has 144 valence electrons. The lowest BCUT2D eigenvalue weighted by Crippen LogP contribution is -2.50. The van der Waals surface area contributed by atoms with Crippen molar-refractivity contribution < 1.29 is 9.59 Å². The Morgan fingerprint density at radius 1 is 1.15 bits per heavy atom. The molecule has 1 aromatic carbocycles.